The summed E-state index contributed by atoms with van der Waals surface area (Å²) in [5, 5.41) is 2.80. The van der Waals surface area contributed by atoms with Crippen molar-refractivity contribution in [1.29, 1.82) is 0 Å². The van der Waals surface area contributed by atoms with Gasteiger partial charge in [-0.05, 0) is 94.9 Å². The van der Waals surface area contributed by atoms with Crippen LogP contribution in [0.25, 0.3) is 33.5 Å². The number of anilines is 4. The summed E-state index contributed by atoms with van der Waals surface area (Å²) in [7, 11) is -2.04. The van der Waals surface area contributed by atoms with Crippen LogP contribution in [0.4, 0.5) is 22.9 Å². The van der Waals surface area contributed by atoms with Crippen molar-refractivity contribution in [2.75, 3.05) is 9.62 Å². The van der Waals surface area contributed by atoms with Gasteiger partial charge in [-0.15, -0.1) is 0 Å². The van der Waals surface area contributed by atoms with Crippen molar-refractivity contribution in [1.82, 2.24) is 9.55 Å². The third-order valence-electron chi connectivity index (χ3n) is 11.7. The fourth-order valence-corrected chi connectivity index (χ4v) is 12.2. The van der Waals surface area contributed by atoms with E-state index < -0.39 is 8.07 Å². The zero-order valence-electron chi connectivity index (χ0n) is 30.6. The highest BCUT2D eigenvalue weighted by molar-refractivity contribution is 7.02. The maximum atomic E-state index is 6.85. The van der Waals surface area contributed by atoms with Crippen molar-refractivity contribution in [2.45, 2.75) is 26.9 Å². The number of hydrogen-bond acceptors (Lipinski definition) is 4. The highest BCUT2D eigenvalue weighted by Gasteiger charge is 2.49. The van der Waals surface area contributed by atoms with Gasteiger partial charge in [0.25, 0.3) is 6.33 Å². The van der Waals surface area contributed by atoms with E-state index in [0.717, 1.165) is 45.6 Å². The first-order chi connectivity index (χ1) is 26.4. The number of aromatic nitrogens is 3. The van der Waals surface area contributed by atoms with Gasteiger partial charge in [0, 0.05) is 29.2 Å². The van der Waals surface area contributed by atoms with Gasteiger partial charge in [-0.2, -0.15) is 0 Å². The molecule has 6 aromatic carbocycles. The lowest BCUT2D eigenvalue weighted by Crippen LogP contribution is -2.57. The lowest BCUT2D eigenvalue weighted by Gasteiger charge is -2.37. The Labute approximate surface area is 316 Å². The molecule has 0 atom stereocenters. The lowest BCUT2D eigenvalue weighted by molar-refractivity contribution is -0.572. The molecule has 8 heteroatoms. The molecule has 11 rings (SSSR count). The molecule has 258 valence electrons. The van der Waals surface area contributed by atoms with E-state index in [-0.39, 0.29) is 6.98 Å². The normalized spacial score (nSPS) is 14.3. The van der Waals surface area contributed by atoms with Crippen LogP contribution in [0.15, 0.2) is 146 Å². The molecule has 0 radical (unpaired) electrons. The number of pyridine rings is 1. The van der Waals surface area contributed by atoms with Crippen molar-refractivity contribution in [2.24, 2.45) is 0 Å². The van der Waals surface area contributed by atoms with Gasteiger partial charge in [0.2, 0.25) is 0 Å². The van der Waals surface area contributed by atoms with Crippen LogP contribution in [0.1, 0.15) is 11.1 Å². The minimum atomic E-state index is -2.04. The quantitative estimate of drug-likeness (QED) is 0.105. The van der Waals surface area contributed by atoms with Gasteiger partial charge in [-0.1, -0.05) is 98.0 Å². The smallest absolute Gasteiger partial charge is 0.422 e. The summed E-state index contributed by atoms with van der Waals surface area (Å²) in [6, 6.07) is 49.9. The van der Waals surface area contributed by atoms with E-state index in [0.29, 0.717) is 0 Å². The molecule has 0 unspecified atom stereocenters. The average molecular weight is 714 g/mol. The van der Waals surface area contributed by atoms with Crippen molar-refractivity contribution in [3.63, 3.8) is 0 Å². The van der Waals surface area contributed by atoms with Crippen LogP contribution in [0, 0.1) is 20.2 Å². The molecule has 6 nitrogen and oxygen atoms in total. The summed E-state index contributed by atoms with van der Waals surface area (Å²) in [5.74, 6) is 2.52. The first-order valence-electron chi connectivity index (χ1n) is 18.6. The highest BCUT2D eigenvalue weighted by Crippen LogP contribution is 2.51. The Morgan fingerprint density at radius 2 is 1.39 bits per heavy atom. The minimum Gasteiger partial charge on any atom is -0.458 e. The number of benzene rings is 6. The van der Waals surface area contributed by atoms with Gasteiger partial charge in [0.15, 0.2) is 0 Å². The third-order valence-corrected chi connectivity index (χ3v) is 15.2. The van der Waals surface area contributed by atoms with Crippen molar-refractivity contribution in [3.05, 3.63) is 163 Å². The summed E-state index contributed by atoms with van der Waals surface area (Å²) in [6.45, 7) is 9.20. The summed E-state index contributed by atoms with van der Waals surface area (Å²) in [6.07, 6.45) is 5.63. The Morgan fingerprint density at radius 1 is 0.648 bits per heavy atom. The van der Waals surface area contributed by atoms with Gasteiger partial charge in [0.05, 0.1) is 28.1 Å². The molecule has 3 aliphatic rings. The summed E-state index contributed by atoms with van der Waals surface area (Å²) < 4.78 is 11.3. The van der Waals surface area contributed by atoms with Crippen LogP contribution in [0.2, 0.25) is 13.1 Å². The summed E-state index contributed by atoms with van der Waals surface area (Å²) >= 11 is 0. The molecule has 54 heavy (non-hydrogen) atoms. The maximum Gasteiger partial charge on any atom is 0.422 e. The standard InChI is InChI=1S/C46H36BN5OSi/c1-30-13-10-14-31(2)44(30)51-39-20-12-26-48-46(39)52-40-27-33(22-24-36(40)35-17-8-9-18-37(35)47(51)52)53-34-23-25-42-41(28-34)50-29-49(32-15-6-5-7-16-32)38-19-11-21-43(45(38)50)54(42,3)4/h5-28H,1-4H3. The van der Waals surface area contributed by atoms with Crippen molar-refractivity contribution < 1.29 is 9.30 Å². The molecule has 3 aliphatic heterocycles. The topological polar surface area (TPSA) is 37.4 Å². The molecule has 0 saturated heterocycles. The van der Waals surface area contributed by atoms with Crippen LogP contribution < -0.4 is 34.8 Å². The Bertz CT molecular complexity index is 2830. The van der Waals surface area contributed by atoms with E-state index in [2.05, 4.69) is 185 Å². The van der Waals surface area contributed by atoms with Crippen molar-refractivity contribution >= 4 is 64.8 Å². The number of hydrogen-bond donors (Lipinski definition) is 0. The molecule has 0 aliphatic carbocycles. The Balaban J connectivity index is 1.05. The van der Waals surface area contributed by atoms with E-state index in [1.807, 2.05) is 12.3 Å². The molecule has 0 N–H and O–H groups in total. The number of fused-ring (bicyclic) bond motifs is 10. The monoisotopic (exact) mass is 713 g/mol. The van der Waals surface area contributed by atoms with Crippen molar-refractivity contribution in [3.8, 4) is 34.0 Å². The minimum absolute atomic E-state index is 0.104. The molecule has 8 aromatic rings. The van der Waals surface area contributed by atoms with E-state index in [4.69, 9.17) is 9.72 Å². The number of rotatable bonds is 4. The zero-order chi connectivity index (χ0) is 36.3. The molecule has 0 bridgehead atoms. The van der Waals surface area contributed by atoms with Crippen LogP contribution in [0.5, 0.6) is 11.5 Å². The second-order valence-corrected chi connectivity index (χ2v) is 19.5. The number of ether oxygens (including phenoxy) is 1. The zero-order valence-corrected chi connectivity index (χ0v) is 31.6. The molecule has 0 fully saturated rings. The predicted octanol–water partition coefficient (Wildman–Crippen LogP) is 8.31. The molecule has 2 aromatic heterocycles. The van der Waals surface area contributed by atoms with E-state index >= 15 is 0 Å². The average Bonchev–Trinajstić information content (AvgIpc) is 3.75. The largest absolute Gasteiger partial charge is 0.458 e. The molecule has 0 spiro atoms. The number of nitrogens with zero attached hydrogens (tertiary/aromatic N) is 5. The van der Waals surface area contributed by atoms with Crippen LogP contribution >= 0.6 is 0 Å². The van der Waals surface area contributed by atoms with Gasteiger partial charge < -0.3 is 14.4 Å². The second-order valence-electron chi connectivity index (χ2n) is 15.2. The van der Waals surface area contributed by atoms with Gasteiger partial charge in [-0.3, -0.25) is 9.13 Å². The molecular weight excluding hydrogens is 677 g/mol. The van der Waals surface area contributed by atoms with Crippen LogP contribution in [0.3, 0.4) is 0 Å². The van der Waals surface area contributed by atoms with E-state index in [9.17, 15) is 0 Å². The fraction of sp³-hybridized carbons (Fsp3) is 0.0870. The first kappa shape index (κ1) is 31.2. The maximum absolute atomic E-state index is 6.85. The lowest BCUT2D eigenvalue weighted by atomic mass is 9.59. The first-order valence-corrected chi connectivity index (χ1v) is 21.6. The van der Waals surface area contributed by atoms with Crippen LogP contribution in [-0.4, -0.2) is 24.6 Å². The Morgan fingerprint density at radius 3 is 2.22 bits per heavy atom. The summed E-state index contributed by atoms with van der Waals surface area (Å²) in [5.41, 5.74) is 14.1. The highest BCUT2D eigenvalue weighted by atomic mass is 28.3. The fourth-order valence-electron chi connectivity index (χ4n) is 9.22. The number of aryl methyl sites for hydroxylation is 2. The Kier molecular flexibility index (Phi) is 6.53. The van der Waals surface area contributed by atoms with Gasteiger partial charge >= 0.3 is 6.98 Å². The SMILES string of the molecule is Cc1cccc(C)c1N1B2c3ccccc3-c3ccc(Oc4ccc5c(c4)-n4[c-][n+](-c6ccccc6)c6cccc(c64)[Si]5(C)C)cc3N2c2ncccc21. The Hall–Kier alpha value is -6.38. The molecule has 5 heterocycles. The van der Waals surface area contributed by atoms with E-state index in [1.54, 1.807) is 0 Å². The molecular formula is C46H36BN5OSi. The van der Waals surface area contributed by atoms with Gasteiger partial charge in [0.1, 0.15) is 25.4 Å². The second kappa shape index (κ2) is 11.3. The van der Waals surface area contributed by atoms with Crippen LogP contribution in [-0.2, 0) is 0 Å². The number of imidazole rings is 1. The molecule has 0 saturated carbocycles. The number of para-hydroxylation sites is 3. The third kappa shape index (κ3) is 4.28. The summed E-state index contributed by atoms with van der Waals surface area (Å²) in [4.78, 5) is 9.90. The molecule has 0 amide bonds. The predicted molar refractivity (Wildman–Crippen MR) is 222 cm³/mol. The van der Waals surface area contributed by atoms with E-state index in [1.165, 1.54) is 49.3 Å². The van der Waals surface area contributed by atoms with Gasteiger partial charge in [-0.25, -0.2) is 4.98 Å².